The maximum absolute atomic E-state index is 12.8. The summed E-state index contributed by atoms with van der Waals surface area (Å²) in [7, 11) is -4.10. The molecule has 3 N–H and O–H groups in total. The van der Waals surface area contributed by atoms with Crippen LogP contribution in [0.5, 0.6) is 0 Å². The van der Waals surface area contributed by atoms with Gasteiger partial charge in [0.2, 0.25) is 5.91 Å². The maximum atomic E-state index is 12.8. The summed E-state index contributed by atoms with van der Waals surface area (Å²) in [6.07, 6.45) is 27.6. The van der Waals surface area contributed by atoms with Crippen molar-refractivity contribution in [2.75, 3.05) is 12.3 Å². The smallest absolute Gasteiger partial charge is 0.306 e. The van der Waals surface area contributed by atoms with Crippen molar-refractivity contribution in [3.05, 3.63) is 12.2 Å². The van der Waals surface area contributed by atoms with Crippen molar-refractivity contribution in [2.24, 2.45) is 46.3 Å². The monoisotopic (exact) mass is 736 g/mol. The molecule has 1 amide bonds. The van der Waals surface area contributed by atoms with Gasteiger partial charge in [-0.25, -0.2) is 0 Å². The second kappa shape index (κ2) is 19.8. The summed E-state index contributed by atoms with van der Waals surface area (Å²) >= 11 is 0. The standard InChI is InChI=1S/C42H73NO7S/c1-5-6-7-8-9-10-11-12-13-14-15-16-17-18-40(46)50-33-25-26-41(3)32(29-33)20-21-34-36-23-22-35(42(36,4)38(44)30-37(34)41)31(2)19-24-39(45)43-27-28-51(47,48)49/h10-11,31-38,44H,5-9,12-30H2,1-4H3,(H,43,45)(H,47,48,49)/b11-10-. The van der Waals surface area contributed by atoms with Crippen molar-refractivity contribution < 1.29 is 32.4 Å². The van der Waals surface area contributed by atoms with E-state index in [1.807, 2.05) is 0 Å². The van der Waals surface area contributed by atoms with Crippen molar-refractivity contribution in [1.29, 1.82) is 0 Å². The predicted molar refractivity (Wildman–Crippen MR) is 205 cm³/mol. The molecule has 51 heavy (non-hydrogen) atoms. The Kier molecular flexibility index (Phi) is 16.4. The average Bonchev–Trinajstić information content (AvgIpc) is 3.44. The van der Waals surface area contributed by atoms with Crippen LogP contribution in [0.3, 0.4) is 0 Å². The van der Waals surface area contributed by atoms with Gasteiger partial charge in [0.15, 0.2) is 0 Å². The van der Waals surface area contributed by atoms with Crippen molar-refractivity contribution in [1.82, 2.24) is 5.32 Å². The number of esters is 1. The molecule has 4 aliphatic rings. The molecule has 8 nitrogen and oxygen atoms in total. The van der Waals surface area contributed by atoms with E-state index in [9.17, 15) is 23.1 Å². The Morgan fingerprint density at radius 2 is 1.57 bits per heavy atom. The van der Waals surface area contributed by atoms with Crippen LogP contribution in [-0.4, -0.2) is 54.5 Å². The van der Waals surface area contributed by atoms with Crippen LogP contribution in [0.25, 0.3) is 0 Å². The van der Waals surface area contributed by atoms with E-state index in [1.54, 1.807) is 0 Å². The summed E-state index contributed by atoms with van der Waals surface area (Å²) in [6.45, 7) is 9.17. The topological polar surface area (TPSA) is 130 Å². The second-order valence-electron chi connectivity index (χ2n) is 17.6. The van der Waals surface area contributed by atoms with Crippen molar-refractivity contribution in [3.63, 3.8) is 0 Å². The number of carbonyl (C=O) groups excluding carboxylic acids is 2. The molecule has 0 aliphatic heterocycles. The molecule has 0 aromatic heterocycles. The molecule has 9 heteroatoms. The van der Waals surface area contributed by atoms with Crippen LogP contribution in [0.1, 0.15) is 169 Å². The molecule has 4 fully saturated rings. The van der Waals surface area contributed by atoms with Gasteiger partial charge in [-0.2, -0.15) is 8.42 Å². The number of aliphatic hydroxyl groups excluding tert-OH is 1. The Morgan fingerprint density at radius 3 is 2.27 bits per heavy atom. The largest absolute Gasteiger partial charge is 0.462 e. The third-order valence-electron chi connectivity index (χ3n) is 14.4. The number of fused-ring (bicyclic) bond motifs is 5. The Balaban J connectivity index is 1.17. The van der Waals surface area contributed by atoms with Crippen LogP contribution in [-0.2, 0) is 24.4 Å². The summed E-state index contributed by atoms with van der Waals surface area (Å²) in [5, 5.41) is 14.5. The fourth-order valence-corrected chi connectivity index (χ4v) is 11.8. The zero-order chi connectivity index (χ0) is 37.1. The van der Waals surface area contributed by atoms with Crippen molar-refractivity contribution in [2.45, 2.75) is 181 Å². The highest BCUT2D eigenvalue weighted by molar-refractivity contribution is 7.85. The lowest BCUT2D eigenvalue weighted by Gasteiger charge is -2.62. The van der Waals surface area contributed by atoms with E-state index in [0.29, 0.717) is 48.9 Å². The van der Waals surface area contributed by atoms with Crippen LogP contribution in [0, 0.1) is 46.3 Å². The van der Waals surface area contributed by atoms with E-state index in [1.165, 1.54) is 70.6 Å². The predicted octanol–water partition coefficient (Wildman–Crippen LogP) is 9.21. The van der Waals surface area contributed by atoms with Gasteiger partial charge in [0, 0.05) is 19.4 Å². The van der Waals surface area contributed by atoms with Gasteiger partial charge in [-0.05, 0) is 136 Å². The molecule has 0 heterocycles. The Morgan fingerprint density at radius 1 is 0.882 bits per heavy atom. The molecular formula is C42H73NO7S. The Hall–Kier alpha value is -1.45. The van der Waals surface area contributed by atoms with Crippen LogP contribution in [0.15, 0.2) is 12.2 Å². The normalized spacial score (nSPS) is 34.0. The summed E-state index contributed by atoms with van der Waals surface area (Å²) in [5.74, 6) is 2.03. The molecule has 10 atom stereocenters. The minimum absolute atomic E-state index is 0.0196. The summed E-state index contributed by atoms with van der Waals surface area (Å²) in [5.41, 5.74) is 0.00473. The third-order valence-corrected chi connectivity index (χ3v) is 15.2. The fraction of sp³-hybridized carbons (Fsp3) is 0.905. The Labute approximate surface area is 310 Å². The van der Waals surface area contributed by atoms with Crippen LogP contribution < -0.4 is 5.32 Å². The first-order valence-electron chi connectivity index (χ1n) is 21.0. The van der Waals surface area contributed by atoms with Gasteiger partial charge in [0.05, 0.1) is 11.9 Å². The molecule has 0 bridgehead atoms. The molecule has 0 spiro atoms. The number of nitrogens with one attached hydrogen (secondary N) is 1. The van der Waals surface area contributed by atoms with Gasteiger partial charge in [-0.1, -0.05) is 78.4 Å². The van der Waals surface area contributed by atoms with E-state index in [2.05, 4.69) is 45.2 Å². The first-order chi connectivity index (χ1) is 24.3. The van der Waals surface area contributed by atoms with Gasteiger partial charge in [0.25, 0.3) is 10.1 Å². The number of amides is 1. The number of ether oxygens (including phenoxy) is 1. The summed E-state index contributed by atoms with van der Waals surface area (Å²) < 4.78 is 36.9. The minimum atomic E-state index is -4.10. The third kappa shape index (κ3) is 11.5. The van der Waals surface area contributed by atoms with E-state index < -0.39 is 15.9 Å². The van der Waals surface area contributed by atoms with Gasteiger partial charge in [0.1, 0.15) is 6.10 Å². The van der Waals surface area contributed by atoms with Crippen molar-refractivity contribution in [3.8, 4) is 0 Å². The summed E-state index contributed by atoms with van der Waals surface area (Å²) in [6, 6.07) is 0. The lowest BCUT2D eigenvalue weighted by atomic mass is 9.43. The highest BCUT2D eigenvalue weighted by Crippen LogP contribution is 2.68. The second-order valence-corrected chi connectivity index (χ2v) is 19.2. The van der Waals surface area contributed by atoms with Gasteiger partial charge < -0.3 is 15.2 Å². The molecule has 10 unspecified atom stereocenters. The Bertz CT molecular complexity index is 1240. The lowest BCUT2D eigenvalue weighted by molar-refractivity contribution is -0.181. The fourth-order valence-electron chi connectivity index (χ4n) is 11.4. The summed E-state index contributed by atoms with van der Waals surface area (Å²) in [4.78, 5) is 25.2. The van der Waals surface area contributed by atoms with E-state index in [-0.39, 0.29) is 47.4 Å². The number of unbranched alkanes of at least 4 members (excludes halogenated alkanes) is 9. The number of hydrogen-bond acceptors (Lipinski definition) is 6. The number of carbonyl (C=O) groups is 2. The highest BCUT2D eigenvalue weighted by Gasteiger charge is 2.63. The zero-order valence-electron chi connectivity index (χ0n) is 32.6. The molecule has 0 radical (unpaired) electrons. The van der Waals surface area contributed by atoms with Crippen LogP contribution in [0.2, 0.25) is 0 Å². The van der Waals surface area contributed by atoms with Crippen LogP contribution in [0.4, 0.5) is 0 Å². The molecular weight excluding hydrogens is 663 g/mol. The highest BCUT2D eigenvalue weighted by atomic mass is 32.2. The first kappa shape index (κ1) is 42.3. The number of aliphatic hydroxyl groups is 1. The molecule has 4 aliphatic carbocycles. The van der Waals surface area contributed by atoms with E-state index in [4.69, 9.17) is 9.29 Å². The van der Waals surface area contributed by atoms with Crippen molar-refractivity contribution >= 4 is 22.0 Å². The lowest BCUT2D eigenvalue weighted by Crippen LogP contribution is -2.59. The van der Waals surface area contributed by atoms with E-state index in [0.717, 1.165) is 51.4 Å². The SMILES string of the molecule is CCCCCC/C=C\CCCCCCCC(=O)OC1CCC2(C)C(CCC3C2CC(O)C2(C)C(C(C)CCC(=O)NCCS(=O)(=O)O)CCC32)C1. The zero-order valence-corrected chi connectivity index (χ0v) is 33.4. The number of rotatable bonds is 21. The molecule has 0 aromatic carbocycles. The average molecular weight is 736 g/mol. The molecule has 0 aromatic rings. The van der Waals surface area contributed by atoms with E-state index >= 15 is 0 Å². The van der Waals surface area contributed by atoms with Gasteiger partial charge in [-0.3, -0.25) is 14.1 Å². The first-order valence-corrected chi connectivity index (χ1v) is 22.6. The van der Waals surface area contributed by atoms with Crippen LogP contribution >= 0.6 is 0 Å². The molecule has 4 saturated carbocycles. The maximum Gasteiger partial charge on any atom is 0.306 e. The van der Waals surface area contributed by atoms with Gasteiger partial charge in [-0.15, -0.1) is 0 Å². The number of hydrogen-bond donors (Lipinski definition) is 3. The number of allylic oxidation sites excluding steroid dienone is 2. The quantitative estimate of drug-likeness (QED) is 0.0464. The molecule has 4 rings (SSSR count). The molecule has 0 saturated heterocycles. The van der Waals surface area contributed by atoms with Gasteiger partial charge >= 0.3 is 5.97 Å². The molecule has 294 valence electrons. The minimum Gasteiger partial charge on any atom is -0.462 e.